The van der Waals surface area contributed by atoms with E-state index in [4.69, 9.17) is 0 Å². The summed E-state index contributed by atoms with van der Waals surface area (Å²) < 4.78 is 0. The lowest BCUT2D eigenvalue weighted by molar-refractivity contribution is 0.102. The quantitative estimate of drug-likeness (QED) is 0.714. The lowest BCUT2D eigenvalue weighted by atomic mass is 10.1. The fourth-order valence-electron chi connectivity index (χ4n) is 2.59. The maximum atomic E-state index is 12.7. The van der Waals surface area contributed by atoms with Gasteiger partial charge in [0.25, 0.3) is 11.8 Å². The molecule has 0 fully saturated rings. The molecule has 0 saturated carbocycles. The van der Waals surface area contributed by atoms with Crippen LogP contribution in [-0.4, -0.2) is 11.8 Å². The molecular weight excluding hydrogens is 324 g/mol. The first-order valence-electron chi connectivity index (χ1n) is 8.38. The largest absolute Gasteiger partial charge is 0.322 e. The predicted molar refractivity (Wildman–Crippen MR) is 105 cm³/mol. The van der Waals surface area contributed by atoms with Gasteiger partial charge in [-0.1, -0.05) is 48.0 Å². The Labute approximate surface area is 152 Å². The highest BCUT2D eigenvalue weighted by atomic mass is 16.2. The van der Waals surface area contributed by atoms with E-state index in [9.17, 15) is 9.59 Å². The fourth-order valence-corrected chi connectivity index (χ4v) is 2.59. The molecule has 3 rings (SSSR count). The van der Waals surface area contributed by atoms with Crippen molar-refractivity contribution in [2.24, 2.45) is 0 Å². The first-order valence-corrected chi connectivity index (χ1v) is 8.38. The van der Waals surface area contributed by atoms with Gasteiger partial charge >= 0.3 is 0 Å². The zero-order valence-corrected chi connectivity index (χ0v) is 14.7. The number of anilines is 2. The van der Waals surface area contributed by atoms with Crippen molar-refractivity contribution < 1.29 is 9.59 Å². The van der Waals surface area contributed by atoms with E-state index in [1.165, 1.54) is 0 Å². The molecular formula is C22H20N2O2. The van der Waals surface area contributed by atoms with Gasteiger partial charge in [0.1, 0.15) is 0 Å². The molecule has 4 nitrogen and oxygen atoms in total. The molecule has 0 bridgehead atoms. The first kappa shape index (κ1) is 17.4. The molecule has 2 N–H and O–H groups in total. The summed E-state index contributed by atoms with van der Waals surface area (Å²) in [5.41, 5.74) is 4.24. The van der Waals surface area contributed by atoms with Gasteiger partial charge in [-0.2, -0.15) is 0 Å². The Bertz CT molecular complexity index is 946. The minimum atomic E-state index is -0.265. The molecule has 4 heteroatoms. The normalized spacial score (nSPS) is 10.2. The van der Waals surface area contributed by atoms with E-state index in [0.29, 0.717) is 16.8 Å². The summed E-state index contributed by atoms with van der Waals surface area (Å²) >= 11 is 0. The van der Waals surface area contributed by atoms with Crippen LogP contribution in [0.2, 0.25) is 0 Å². The summed E-state index contributed by atoms with van der Waals surface area (Å²) in [7, 11) is 0. The molecule has 130 valence electrons. The third kappa shape index (κ3) is 3.98. The van der Waals surface area contributed by atoms with E-state index in [0.717, 1.165) is 16.8 Å². The van der Waals surface area contributed by atoms with Crippen molar-refractivity contribution >= 4 is 23.2 Å². The molecule has 0 heterocycles. The molecule has 0 saturated heterocycles. The number of nitrogens with one attached hydrogen (secondary N) is 2. The highest BCUT2D eigenvalue weighted by Crippen LogP contribution is 2.20. The number of rotatable bonds is 4. The van der Waals surface area contributed by atoms with Crippen molar-refractivity contribution in [2.45, 2.75) is 13.8 Å². The first-order chi connectivity index (χ1) is 12.5. The Hall–Kier alpha value is -3.40. The number of para-hydroxylation sites is 2. The Morgan fingerprint density at radius 3 is 1.92 bits per heavy atom. The second-order valence-electron chi connectivity index (χ2n) is 6.13. The van der Waals surface area contributed by atoms with Crippen molar-refractivity contribution in [1.82, 2.24) is 0 Å². The van der Waals surface area contributed by atoms with E-state index in [-0.39, 0.29) is 11.8 Å². The average molecular weight is 344 g/mol. The molecule has 0 aliphatic rings. The summed E-state index contributed by atoms with van der Waals surface area (Å²) in [5, 5.41) is 5.72. The Balaban J connectivity index is 1.81. The number of benzene rings is 3. The SMILES string of the molecule is Cc1ccc(C(=O)Nc2ccccc2C(=O)Nc2ccccc2C)cc1. The number of hydrogen-bond acceptors (Lipinski definition) is 2. The monoisotopic (exact) mass is 344 g/mol. The second-order valence-corrected chi connectivity index (χ2v) is 6.13. The average Bonchev–Trinajstić information content (AvgIpc) is 2.64. The van der Waals surface area contributed by atoms with Crippen LogP contribution >= 0.6 is 0 Å². The van der Waals surface area contributed by atoms with Crippen molar-refractivity contribution in [2.75, 3.05) is 10.6 Å². The molecule has 3 aromatic carbocycles. The van der Waals surface area contributed by atoms with Gasteiger partial charge in [0, 0.05) is 11.3 Å². The van der Waals surface area contributed by atoms with Gasteiger partial charge in [0.15, 0.2) is 0 Å². The smallest absolute Gasteiger partial charge is 0.257 e. The minimum absolute atomic E-state index is 0.249. The topological polar surface area (TPSA) is 58.2 Å². The zero-order chi connectivity index (χ0) is 18.5. The van der Waals surface area contributed by atoms with E-state index in [1.807, 2.05) is 50.2 Å². The summed E-state index contributed by atoms with van der Waals surface area (Å²) in [6, 6.07) is 21.8. The number of hydrogen-bond donors (Lipinski definition) is 2. The third-order valence-corrected chi connectivity index (χ3v) is 4.13. The van der Waals surface area contributed by atoms with E-state index in [1.54, 1.807) is 36.4 Å². The number of amides is 2. The Kier molecular flexibility index (Phi) is 5.13. The van der Waals surface area contributed by atoms with Gasteiger partial charge in [-0.15, -0.1) is 0 Å². The zero-order valence-electron chi connectivity index (χ0n) is 14.7. The predicted octanol–water partition coefficient (Wildman–Crippen LogP) is 4.81. The number of aryl methyl sites for hydroxylation is 2. The van der Waals surface area contributed by atoms with Gasteiger partial charge < -0.3 is 10.6 Å². The molecule has 2 amide bonds. The van der Waals surface area contributed by atoms with Gasteiger partial charge in [0.05, 0.1) is 11.3 Å². The number of carbonyl (C=O) groups is 2. The molecule has 0 spiro atoms. The Morgan fingerprint density at radius 2 is 1.23 bits per heavy atom. The highest BCUT2D eigenvalue weighted by molar-refractivity contribution is 6.12. The maximum absolute atomic E-state index is 12.7. The third-order valence-electron chi connectivity index (χ3n) is 4.13. The summed E-state index contributed by atoms with van der Waals surface area (Å²) in [6.45, 7) is 3.90. The lowest BCUT2D eigenvalue weighted by Gasteiger charge is -2.12. The van der Waals surface area contributed by atoms with Crippen LogP contribution in [0.1, 0.15) is 31.8 Å². The molecule has 0 unspecified atom stereocenters. The molecule has 26 heavy (non-hydrogen) atoms. The van der Waals surface area contributed by atoms with E-state index >= 15 is 0 Å². The summed E-state index contributed by atoms with van der Waals surface area (Å²) in [6.07, 6.45) is 0. The second kappa shape index (κ2) is 7.66. The van der Waals surface area contributed by atoms with Crippen LogP contribution in [0.5, 0.6) is 0 Å². The van der Waals surface area contributed by atoms with Gasteiger partial charge in [-0.3, -0.25) is 9.59 Å². The van der Waals surface area contributed by atoms with Crippen LogP contribution in [0.3, 0.4) is 0 Å². The van der Waals surface area contributed by atoms with Crippen LogP contribution in [0.15, 0.2) is 72.8 Å². The highest BCUT2D eigenvalue weighted by Gasteiger charge is 2.14. The van der Waals surface area contributed by atoms with Gasteiger partial charge in [0.2, 0.25) is 0 Å². The van der Waals surface area contributed by atoms with E-state index in [2.05, 4.69) is 10.6 Å². The van der Waals surface area contributed by atoms with Crippen LogP contribution in [0, 0.1) is 13.8 Å². The van der Waals surface area contributed by atoms with Crippen LogP contribution < -0.4 is 10.6 Å². The minimum Gasteiger partial charge on any atom is -0.322 e. The molecule has 0 aliphatic heterocycles. The van der Waals surface area contributed by atoms with Crippen molar-refractivity contribution in [3.05, 3.63) is 95.1 Å². The Morgan fingerprint density at radius 1 is 0.654 bits per heavy atom. The fraction of sp³-hybridized carbons (Fsp3) is 0.0909. The standard InChI is InChI=1S/C22H20N2O2/c1-15-11-13-17(14-12-15)21(25)24-20-10-6-4-8-18(20)22(26)23-19-9-5-3-7-16(19)2/h3-14H,1-2H3,(H,23,26)(H,24,25). The van der Waals surface area contributed by atoms with Gasteiger partial charge in [-0.05, 0) is 49.7 Å². The molecule has 0 atom stereocenters. The van der Waals surface area contributed by atoms with Crippen molar-refractivity contribution in [3.8, 4) is 0 Å². The van der Waals surface area contributed by atoms with Gasteiger partial charge in [-0.25, -0.2) is 0 Å². The molecule has 0 aromatic heterocycles. The van der Waals surface area contributed by atoms with Crippen LogP contribution in [-0.2, 0) is 0 Å². The number of carbonyl (C=O) groups excluding carboxylic acids is 2. The van der Waals surface area contributed by atoms with Crippen molar-refractivity contribution in [3.63, 3.8) is 0 Å². The van der Waals surface area contributed by atoms with Crippen LogP contribution in [0.4, 0.5) is 11.4 Å². The van der Waals surface area contributed by atoms with Crippen molar-refractivity contribution in [1.29, 1.82) is 0 Å². The molecule has 0 aliphatic carbocycles. The maximum Gasteiger partial charge on any atom is 0.257 e. The summed E-state index contributed by atoms with van der Waals surface area (Å²) in [4.78, 5) is 25.2. The lowest BCUT2D eigenvalue weighted by Crippen LogP contribution is -2.18. The summed E-state index contributed by atoms with van der Waals surface area (Å²) in [5.74, 6) is -0.514. The van der Waals surface area contributed by atoms with E-state index < -0.39 is 0 Å². The van der Waals surface area contributed by atoms with Crippen LogP contribution in [0.25, 0.3) is 0 Å². The molecule has 0 radical (unpaired) electrons. The molecule has 3 aromatic rings.